The van der Waals surface area contributed by atoms with Gasteiger partial charge in [0.1, 0.15) is 10.8 Å². The van der Waals surface area contributed by atoms with Gasteiger partial charge in [-0.2, -0.15) is 0 Å². The van der Waals surface area contributed by atoms with Crippen LogP contribution in [0.4, 0.5) is 4.79 Å². The third-order valence-corrected chi connectivity index (χ3v) is 4.09. The van der Waals surface area contributed by atoms with Crippen molar-refractivity contribution < 1.29 is 13.7 Å². The maximum absolute atomic E-state index is 12.4. The number of thioether (sulfide) groups is 1. The van der Waals surface area contributed by atoms with Crippen molar-refractivity contribution in [2.45, 2.75) is 37.3 Å². The predicted octanol–water partition coefficient (Wildman–Crippen LogP) is 3.38. The van der Waals surface area contributed by atoms with E-state index in [-0.39, 0.29) is 10.9 Å². The van der Waals surface area contributed by atoms with Crippen LogP contribution >= 0.6 is 23.4 Å². The molecule has 0 N–H and O–H groups in total. The van der Waals surface area contributed by atoms with E-state index in [2.05, 4.69) is 14.3 Å². The Balaban J connectivity index is 2.97. The van der Waals surface area contributed by atoms with Gasteiger partial charge in [0.15, 0.2) is 5.16 Å². The molecule has 0 fully saturated rings. The van der Waals surface area contributed by atoms with E-state index in [4.69, 9.17) is 16.3 Å². The van der Waals surface area contributed by atoms with Crippen LogP contribution in [0, 0.1) is 0 Å². The van der Waals surface area contributed by atoms with Crippen LogP contribution in [0.1, 0.15) is 26.5 Å². The van der Waals surface area contributed by atoms with Crippen molar-refractivity contribution in [1.82, 2.24) is 9.97 Å². The standard InChI is InChI=1S/C12H18ClN3O3S2/c1-12(2,3)19-11(17)16-21(5,18)7-8-6-9(13)15-10(14-8)20-4/h6H,7H2,1-5H3. The number of aromatic nitrogens is 2. The van der Waals surface area contributed by atoms with Crippen molar-refractivity contribution in [2.24, 2.45) is 4.36 Å². The van der Waals surface area contributed by atoms with E-state index < -0.39 is 21.4 Å². The van der Waals surface area contributed by atoms with Crippen LogP contribution in [-0.2, 0) is 20.2 Å². The summed E-state index contributed by atoms with van der Waals surface area (Å²) in [4.78, 5) is 19.8. The van der Waals surface area contributed by atoms with Gasteiger partial charge in [-0.1, -0.05) is 23.4 Å². The van der Waals surface area contributed by atoms with Crippen molar-refractivity contribution in [1.29, 1.82) is 0 Å². The summed E-state index contributed by atoms with van der Waals surface area (Å²) in [6, 6.07) is 1.51. The van der Waals surface area contributed by atoms with Gasteiger partial charge in [0.25, 0.3) is 0 Å². The number of hydrogen-bond acceptors (Lipinski definition) is 6. The van der Waals surface area contributed by atoms with Crippen molar-refractivity contribution >= 4 is 39.2 Å². The molecule has 0 saturated heterocycles. The zero-order valence-corrected chi connectivity index (χ0v) is 14.9. The van der Waals surface area contributed by atoms with Crippen LogP contribution in [0.2, 0.25) is 5.15 Å². The van der Waals surface area contributed by atoms with E-state index in [0.29, 0.717) is 10.9 Å². The molecule has 0 spiro atoms. The van der Waals surface area contributed by atoms with E-state index >= 15 is 0 Å². The minimum Gasteiger partial charge on any atom is -0.442 e. The molecule has 0 aliphatic carbocycles. The Morgan fingerprint density at radius 2 is 2.10 bits per heavy atom. The summed E-state index contributed by atoms with van der Waals surface area (Å²) >= 11 is 7.19. The van der Waals surface area contributed by atoms with Crippen molar-refractivity contribution in [3.63, 3.8) is 0 Å². The molecule has 0 saturated carbocycles. The molecule has 118 valence electrons. The third kappa shape index (κ3) is 7.10. The lowest BCUT2D eigenvalue weighted by atomic mass is 10.2. The molecular formula is C12H18ClN3O3S2. The zero-order chi connectivity index (χ0) is 16.3. The molecule has 0 radical (unpaired) electrons. The van der Waals surface area contributed by atoms with E-state index in [9.17, 15) is 9.00 Å². The summed E-state index contributed by atoms with van der Waals surface area (Å²) in [5.41, 5.74) is -0.209. The lowest BCUT2D eigenvalue weighted by molar-refractivity contribution is 0.0607. The Kier molecular flexibility index (Phi) is 6.01. The summed E-state index contributed by atoms with van der Waals surface area (Å²) in [5.74, 6) is 0.00203. The maximum Gasteiger partial charge on any atom is 0.442 e. The lowest BCUT2D eigenvalue weighted by Crippen LogP contribution is -2.22. The third-order valence-electron chi connectivity index (χ3n) is 1.99. The first-order valence-corrected chi connectivity index (χ1v) is 9.70. The van der Waals surface area contributed by atoms with Gasteiger partial charge in [-0.15, -0.1) is 4.36 Å². The monoisotopic (exact) mass is 351 g/mol. The van der Waals surface area contributed by atoms with Crippen LogP contribution in [0.25, 0.3) is 0 Å². The number of carbonyl (C=O) groups excluding carboxylic acids is 1. The molecule has 0 bridgehead atoms. The smallest absolute Gasteiger partial charge is 0.442 e. The highest BCUT2D eigenvalue weighted by atomic mass is 35.5. The lowest BCUT2D eigenvalue weighted by Gasteiger charge is -2.17. The Hall–Kier alpha value is -0.860. The maximum atomic E-state index is 12.4. The minimum atomic E-state index is -2.81. The molecule has 6 nitrogen and oxygen atoms in total. The molecule has 0 aliphatic rings. The highest BCUT2D eigenvalue weighted by Crippen LogP contribution is 2.17. The van der Waals surface area contributed by atoms with Crippen LogP contribution < -0.4 is 0 Å². The molecule has 1 heterocycles. The molecule has 1 aromatic rings. The van der Waals surface area contributed by atoms with Gasteiger partial charge in [-0.25, -0.2) is 19.0 Å². The Morgan fingerprint density at radius 1 is 1.48 bits per heavy atom. The van der Waals surface area contributed by atoms with Crippen LogP contribution in [0.3, 0.4) is 0 Å². The van der Waals surface area contributed by atoms with Crippen molar-refractivity contribution in [3.05, 3.63) is 16.9 Å². The second-order valence-electron chi connectivity index (χ2n) is 5.34. The summed E-state index contributed by atoms with van der Waals surface area (Å²) in [6.07, 6.45) is 2.34. The average Bonchev–Trinajstić information content (AvgIpc) is 2.23. The fourth-order valence-corrected chi connectivity index (χ4v) is 3.12. The van der Waals surface area contributed by atoms with E-state index in [1.807, 2.05) is 6.26 Å². The van der Waals surface area contributed by atoms with Gasteiger partial charge < -0.3 is 4.74 Å². The van der Waals surface area contributed by atoms with Gasteiger partial charge in [0.2, 0.25) is 0 Å². The van der Waals surface area contributed by atoms with Crippen LogP contribution in [0.15, 0.2) is 15.6 Å². The van der Waals surface area contributed by atoms with Crippen LogP contribution in [0.5, 0.6) is 0 Å². The van der Waals surface area contributed by atoms with Gasteiger partial charge in [0, 0.05) is 6.26 Å². The van der Waals surface area contributed by atoms with Crippen LogP contribution in [-0.4, -0.2) is 38.4 Å². The summed E-state index contributed by atoms with van der Waals surface area (Å²) in [6.45, 7) is 5.15. The predicted molar refractivity (Wildman–Crippen MR) is 85.3 cm³/mol. The minimum absolute atomic E-state index is 0.00203. The van der Waals surface area contributed by atoms with E-state index in [0.717, 1.165) is 0 Å². The number of hydrogen-bond donors (Lipinski definition) is 0. The molecular weight excluding hydrogens is 334 g/mol. The number of nitrogens with zero attached hydrogens (tertiary/aromatic N) is 3. The molecule has 0 aromatic carbocycles. The SMILES string of the molecule is CSc1nc(Cl)cc(CS(C)(=O)=NC(=O)OC(C)(C)C)n1. The van der Waals surface area contributed by atoms with Gasteiger partial charge in [-0.3, -0.25) is 0 Å². The number of carbonyl (C=O) groups is 1. The molecule has 1 aromatic heterocycles. The quantitative estimate of drug-likeness (QED) is 0.471. The fraction of sp³-hybridized carbons (Fsp3) is 0.583. The van der Waals surface area contributed by atoms with E-state index in [1.165, 1.54) is 24.1 Å². The largest absolute Gasteiger partial charge is 0.442 e. The molecule has 1 unspecified atom stereocenters. The van der Waals surface area contributed by atoms with Gasteiger partial charge in [-0.05, 0) is 33.1 Å². The summed E-state index contributed by atoms with van der Waals surface area (Å²) < 4.78 is 21.0. The number of ether oxygens (including phenoxy) is 1. The number of halogens is 1. The molecule has 0 aliphatic heterocycles. The zero-order valence-electron chi connectivity index (χ0n) is 12.5. The highest BCUT2D eigenvalue weighted by Gasteiger charge is 2.18. The molecule has 1 rings (SSSR count). The first-order valence-electron chi connectivity index (χ1n) is 6.01. The van der Waals surface area contributed by atoms with Gasteiger partial charge in [0.05, 0.1) is 21.2 Å². The summed E-state index contributed by atoms with van der Waals surface area (Å²) in [5, 5.41) is 0.738. The topological polar surface area (TPSA) is 81.5 Å². The first-order chi connectivity index (χ1) is 9.50. The van der Waals surface area contributed by atoms with E-state index in [1.54, 1.807) is 20.8 Å². The van der Waals surface area contributed by atoms with Gasteiger partial charge >= 0.3 is 6.09 Å². The molecule has 1 amide bonds. The Labute approximate surface area is 134 Å². The number of rotatable bonds is 3. The second-order valence-corrected chi connectivity index (χ2v) is 8.89. The first kappa shape index (κ1) is 18.2. The normalized spacial score (nSPS) is 14.4. The highest BCUT2D eigenvalue weighted by molar-refractivity contribution is 7.98. The average molecular weight is 352 g/mol. The summed E-state index contributed by atoms with van der Waals surface area (Å²) in [7, 11) is -2.81. The van der Waals surface area contributed by atoms with Crippen molar-refractivity contribution in [3.8, 4) is 0 Å². The Morgan fingerprint density at radius 3 is 2.62 bits per heavy atom. The van der Waals surface area contributed by atoms with Crippen molar-refractivity contribution in [2.75, 3.05) is 12.5 Å². The molecule has 1 atom stereocenters. The number of amides is 1. The second kappa shape index (κ2) is 6.93. The molecule has 21 heavy (non-hydrogen) atoms. The molecule has 9 heteroatoms. The Bertz CT molecular complexity index is 650. The fourth-order valence-electron chi connectivity index (χ4n) is 1.35.